The van der Waals surface area contributed by atoms with E-state index in [1.165, 1.54) is 20.3 Å². The molecule has 0 saturated carbocycles. The number of methoxy groups -OCH3 is 2. The predicted molar refractivity (Wildman–Crippen MR) is 129 cm³/mol. The Morgan fingerprint density at radius 2 is 1.67 bits per heavy atom. The van der Waals surface area contributed by atoms with Gasteiger partial charge in [0.2, 0.25) is 5.91 Å². The summed E-state index contributed by atoms with van der Waals surface area (Å²) < 4.78 is 38.7. The van der Waals surface area contributed by atoms with E-state index in [-0.39, 0.29) is 11.4 Å². The number of carbonyl (C=O) groups is 2. The molecule has 2 N–H and O–H groups in total. The van der Waals surface area contributed by atoms with Crippen molar-refractivity contribution in [2.45, 2.75) is 0 Å². The molecule has 1 heterocycles. The van der Waals surface area contributed by atoms with Crippen LogP contribution in [0.25, 0.3) is 16.8 Å². The van der Waals surface area contributed by atoms with Crippen LogP contribution in [0.1, 0.15) is 10.5 Å². The molecule has 184 valence electrons. The molecule has 0 aliphatic carbocycles. The molecule has 0 saturated heterocycles. The van der Waals surface area contributed by atoms with E-state index in [9.17, 15) is 18.4 Å². The highest BCUT2D eigenvalue weighted by Gasteiger charge is 2.21. The fourth-order valence-electron chi connectivity index (χ4n) is 3.49. The largest absolute Gasteiger partial charge is 0.493 e. The number of rotatable bonds is 8. The van der Waals surface area contributed by atoms with Crippen molar-refractivity contribution in [3.63, 3.8) is 0 Å². The van der Waals surface area contributed by atoms with Crippen LogP contribution in [0.4, 0.5) is 14.5 Å². The van der Waals surface area contributed by atoms with Gasteiger partial charge >= 0.3 is 0 Å². The third-order valence-electron chi connectivity index (χ3n) is 5.26. The van der Waals surface area contributed by atoms with Gasteiger partial charge in [-0.2, -0.15) is 5.10 Å². The van der Waals surface area contributed by atoms with Crippen LogP contribution in [0.15, 0.2) is 72.9 Å². The Hall–Kier alpha value is -4.73. The van der Waals surface area contributed by atoms with E-state index in [1.54, 1.807) is 29.1 Å². The standard InChI is InChI=1S/C26H22F2N4O4/c1-35-22-11-8-16(12-23(22)36-2)19-15-32(18-6-4-3-5-7-18)31-25(19)26(34)29-14-24(33)30-17-9-10-20(27)21(28)13-17/h3-13,15H,14H2,1-2H3,(H,29,34)(H,30,33). The first-order valence-corrected chi connectivity index (χ1v) is 10.8. The van der Waals surface area contributed by atoms with Crippen LogP contribution in [0.3, 0.4) is 0 Å². The lowest BCUT2D eigenvalue weighted by molar-refractivity contribution is -0.115. The average Bonchev–Trinajstić information content (AvgIpc) is 3.35. The molecule has 10 heteroatoms. The quantitative estimate of drug-likeness (QED) is 0.385. The summed E-state index contributed by atoms with van der Waals surface area (Å²) in [5.74, 6) is -2.35. The number of nitrogens with zero attached hydrogens (tertiary/aromatic N) is 2. The van der Waals surface area contributed by atoms with Crippen molar-refractivity contribution in [1.82, 2.24) is 15.1 Å². The van der Waals surface area contributed by atoms with E-state index < -0.39 is 30.0 Å². The van der Waals surface area contributed by atoms with E-state index >= 15 is 0 Å². The maximum Gasteiger partial charge on any atom is 0.272 e. The van der Waals surface area contributed by atoms with Gasteiger partial charge in [0, 0.05) is 23.5 Å². The fraction of sp³-hybridized carbons (Fsp3) is 0.115. The molecular formula is C26H22F2N4O4. The fourth-order valence-corrected chi connectivity index (χ4v) is 3.49. The number of anilines is 1. The smallest absolute Gasteiger partial charge is 0.272 e. The van der Waals surface area contributed by atoms with Gasteiger partial charge in [-0.1, -0.05) is 24.3 Å². The second kappa shape index (κ2) is 10.7. The molecule has 4 rings (SSSR count). The molecule has 8 nitrogen and oxygen atoms in total. The highest BCUT2D eigenvalue weighted by Crippen LogP contribution is 2.34. The van der Waals surface area contributed by atoms with Crippen molar-refractivity contribution >= 4 is 17.5 Å². The van der Waals surface area contributed by atoms with Crippen LogP contribution < -0.4 is 20.1 Å². The van der Waals surface area contributed by atoms with Crippen molar-refractivity contribution in [3.8, 4) is 28.3 Å². The zero-order valence-corrected chi connectivity index (χ0v) is 19.4. The van der Waals surface area contributed by atoms with Crippen molar-refractivity contribution in [2.24, 2.45) is 0 Å². The van der Waals surface area contributed by atoms with Gasteiger partial charge in [-0.3, -0.25) is 9.59 Å². The predicted octanol–water partition coefficient (Wildman–Crippen LogP) is 4.20. The maximum absolute atomic E-state index is 13.4. The number of nitrogens with one attached hydrogen (secondary N) is 2. The summed E-state index contributed by atoms with van der Waals surface area (Å²) in [5, 5.41) is 9.37. The molecule has 0 unspecified atom stereocenters. The molecular weight excluding hydrogens is 470 g/mol. The number of aromatic nitrogens is 2. The van der Waals surface area contributed by atoms with Gasteiger partial charge in [0.1, 0.15) is 0 Å². The van der Waals surface area contributed by atoms with Gasteiger partial charge in [0.25, 0.3) is 5.91 Å². The molecule has 36 heavy (non-hydrogen) atoms. The number of amides is 2. The molecule has 0 bridgehead atoms. The molecule has 0 aliphatic heterocycles. The molecule has 0 fully saturated rings. The summed E-state index contributed by atoms with van der Waals surface area (Å²) in [6, 6.07) is 17.4. The zero-order chi connectivity index (χ0) is 25.7. The Morgan fingerprint density at radius 3 is 2.36 bits per heavy atom. The second-order valence-electron chi connectivity index (χ2n) is 7.60. The Morgan fingerprint density at radius 1 is 0.917 bits per heavy atom. The Labute approximate surface area is 205 Å². The molecule has 0 radical (unpaired) electrons. The lowest BCUT2D eigenvalue weighted by atomic mass is 10.1. The van der Waals surface area contributed by atoms with Crippen molar-refractivity contribution in [1.29, 1.82) is 0 Å². The van der Waals surface area contributed by atoms with Crippen LogP contribution in [0.2, 0.25) is 0 Å². The van der Waals surface area contributed by atoms with Crippen LogP contribution in [0, 0.1) is 11.6 Å². The van der Waals surface area contributed by atoms with E-state index in [4.69, 9.17) is 9.47 Å². The van der Waals surface area contributed by atoms with E-state index in [0.29, 0.717) is 22.6 Å². The first-order chi connectivity index (χ1) is 17.4. The number of ether oxygens (including phenoxy) is 2. The molecule has 1 aromatic heterocycles. The summed E-state index contributed by atoms with van der Waals surface area (Å²) >= 11 is 0. The Balaban J connectivity index is 1.59. The summed E-state index contributed by atoms with van der Waals surface area (Å²) in [6.07, 6.45) is 1.70. The topological polar surface area (TPSA) is 94.5 Å². The molecule has 2 amide bonds. The lowest BCUT2D eigenvalue weighted by Crippen LogP contribution is -2.33. The van der Waals surface area contributed by atoms with Gasteiger partial charge in [-0.05, 0) is 42.0 Å². The van der Waals surface area contributed by atoms with Gasteiger partial charge in [-0.25, -0.2) is 13.5 Å². The van der Waals surface area contributed by atoms with Crippen molar-refractivity contribution in [3.05, 3.63) is 90.3 Å². The minimum Gasteiger partial charge on any atom is -0.493 e. The summed E-state index contributed by atoms with van der Waals surface area (Å²) in [5.41, 5.74) is 2.01. The minimum atomic E-state index is -1.09. The highest BCUT2D eigenvalue weighted by molar-refractivity contribution is 6.02. The normalized spacial score (nSPS) is 10.6. The summed E-state index contributed by atoms with van der Waals surface area (Å²) in [7, 11) is 3.03. The van der Waals surface area contributed by atoms with Crippen LogP contribution in [-0.4, -0.2) is 42.4 Å². The summed E-state index contributed by atoms with van der Waals surface area (Å²) in [6.45, 7) is -0.415. The van der Waals surface area contributed by atoms with Crippen molar-refractivity contribution < 1.29 is 27.8 Å². The molecule has 0 atom stereocenters. The maximum atomic E-state index is 13.4. The third-order valence-corrected chi connectivity index (χ3v) is 5.26. The Bertz CT molecular complexity index is 1410. The molecule has 0 aliphatic rings. The van der Waals surface area contributed by atoms with Crippen LogP contribution in [0.5, 0.6) is 11.5 Å². The molecule has 0 spiro atoms. The SMILES string of the molecule is COc1ccc(-c2cn(-c3ccccc3)nc2C(=O)NCC(=O)Nc2ccc(F)c(F)c2)cc1OC. The third kappa shape index (κ3) is 5.33. The van der Waals surface area contributed by atoms with Gasteiger partial charge in [0.15, 0.2) is 28.8 Å². The van der Waals surface area contributed by atoms with Gasteiger partial charge in [0.05, 0.1) is 26.5 Å². The van der Waals surface area contributed by atoms with Gasteiger partial charge in [-0.15, -0.1) is 0 Å². The Kier molecular flexibility index (Phi) is 7.24. The lowest BCUT2D eigenvalue weighted by Gasteiger charge is -2.10. The second-order valence-corrected chi connectivity index (χ2v) is 7.60. The van der Waals surface area contributed by atoms with Crippen molar-refractivity contribution in [2.75, 3.05) is 26.1 Å². The average molecular weight is 492 g/mol. The number of benzene rings is 3. The first kappa shape index (κ1) is 24.4. The summed E-state index contributed by atoms with van der Waals surface area (Å²) in [4.78, 5) is 25.4. The minimum absolute atomic E-state index is 0.0625. The zero-order valence-electron chi connectivity index (χ0n) is 19.4. The number of hydrogen-bond acceptors (Lipinski definition) is 5. The van der Waals surface area contributed by atoms with E-state index in [0.717, 1.165) is 17.8 Å². The number of halogens is 2. The number of carbonyl (C=O) groups excluding carboxylic acids is 2. The number of hydrogen-bond donors (Lipinski definition) is 2. The van der Waals surface area contributed by atoms with E-state index in [2.05, 4.69) is 15.7 Å². The van der Waals surface area contributed by atoms with Crippen LogP contribution in [-0.2, 0) is 4.79 Å². The van der Waals surface area contributed by atoms with E-state index in [1.807, 2.05) is 30.3 Å². The molecule has 3 aromatic carbocycles. The number of para-hydroxylation sites is 1. The molecule has 4 aromatic rings. The highest BCUT2D eigenvalue weighted by atomic mass is 19.2. The first-order valence-electron chi connectivity index (χ1n) is 10.8. The van der Waals surface area contributed by atoms with Crippen LogP contribution >= 0.6 is 0 Å². The van der Waals surface area contributed by atoms with Gasteiger partial charge < -0.3 is 20.1 Å². The monoisotopic (exact) mass is 492 g/mol.